The second kappa shape index (κ2) is 15.3. The summed E-state index contributed by atoms with van der Waals surface area (Å²) in [5, 5.41) is 0. The van der Waals surface area contributed by atoms with Gasteiger partial charge in [-0.15, -0.1) is 0 Å². The molecule has 4 aromatic carbocycles. The van der Waals surface area contributed by atoms with Crippen LogP contribution in [-0.2, 0) is 25.7 Å². The number of rotatable bonds is 13. The van der Waals surface area contributed by atoms with Crippen LogP contribution in [0.2, 0.25) is 0 Å². The van der Waals surface area contributed by atoms with E-state index in [2.05, 4.69) is 64.6 Å². The van der Waals surface area contributed by atoms with E-state index in [1.165, 1.54) is 22.3 Å². The average molecular weight is 729 g/mol. The highest BCUT2D eigenvalue weighted by atomic mass is 16.5. The Labute approximate surface area is 314 Å². The van der Waals surface area contributed by atoms with E-state index < -0.39 is 0 Å². The number of benzene rings is 4. The zero-order chi connectivity index (χ0) is 38.1. The summed E-state index contributed by atoms with van der Waals surface area (Å²) in [5.41, 5.74) is 7.22. The van der Waals surface area contributed by atoms with Gasteiger partial charge in [0.1, 0.15) is 17.8 Å². The SMILES string of the molecule is COc1cc(C[C@H]2c3cc(OC)c(OC)cc3CC[N+]2(C)C)c(Oc2cc(C[C@@H]3c4cc(OC)c(OC)cc4CC[N+]3(C)C)ccc2OC)cc1OC. The highest BCUT2D eigenvalue weighted by molar-refractivity contribution is 5.56. The first kappa shape index (κ1) is 37.9. The van der Waals surface area contributed by atoms with E-state index in [-0.39, 0.29) is 12.1 Å². The fraction of sp³-hybridized carbons (Fsp3) is 0.442. The Morgan fingerprint density at radius 1 is 0.453 bits per heavy atom. The Morgan fingerprint density at radius 2 is 0.887 bits per heavy atom. The van der Waals surface area contributed by atoms with E-state index in [0.717, 1.165) is 75.4 Å². The van der Waals surface area contributed by atoms with Crippen molar-refractivity contribution in [1.82, 2.24) is 0 Å². The molecule has 0 aliphatic carbocycles. The van der Waals surface area contributed by atoms with E-state index in [9.17, 15) is 0 Å². The van der Waals surface area contributed by atoms with Gasteiger partial charge in [-0.25, -0.2) is 0 Å². The molecule has 0 fully saturated rings. The molecule has 6 rings (SSSR count). The minimum Gasteiger partial charge on any atom is -0.493 e. The summed E-state index contributed by atoms with van der Waals surface area (Å²) in [6.07, 6.45) is 3.40. The Kier molecular flexibility index (Phi) is 10.9. The highest BCUT2D eigenvalue weighted by Gasteiger charge is 2.39. The normalized spacial score (nSPS) is 18.2. The van der Waals surface area contributed by atoms with Crippen LogP contribution >= 0.6 is 0 Å². The Balaban J connectivity index is 1.40. The number of likely N-dealkylation sites (N-methyl/N-ethyl adjacent to an activating group) is 2. The quantitative estimate of drug-likeness (QED) is 0.132. The van der Waals surface area contributed by atoms with Gasteiger partial charge in [-0.3, -0.25) is 0 Å². The third kappa shape index (κ3) is 7.39. The van der Waals surface area contributed by atoms with Gasteiger partial charge in [0.2, 0.25) is 0 Å². The van der Waals surface area contributed by atoms with E-state index in [1.54, 1.807) is 49.8 Å². The van der Waals surface area contributed by atoms with Gasteiger partial charge in [-0.1, -0.05) is 6.07 Å². The molecule has 2 aliphatic rings. The smallest absolute Gasteiger partial charge is 0.169 e. The summed E-state index contributed by atoms with van der Waals surface area (Å²) in [6.45, 7) is 1.99. The lowest BCUT2D eigenvalue weighted by Gasteiger charge is -2.43. The molecule has 10 heteroatoms. The molecular formula is C43H56N2O8+2. The molecule has 0 spiro atoms. The molecule has 0 bridgehead atoms. The first-order chi connectivity index (χ1) is 25.4. The van der Waals surface area contributed by atoms with Gasteiger partial charge in [0, 0.05) is 48.4 Å². The van der Waals surface area contributed by atoms with Crippen molar-refractivity contribution in [2.45, 2.75) is 37.8 Å². The second-order valence-corrected chi connectivity index (χ2v) is 15.2. The minimum absolute atomic E-state index is 0.106. The zero-order valence-corrected chi connectivity index (χ0v) is 33.3. The fourth-order valence-electron chi connectivity index (χ4n) is 8.16. The number of methoxy groups -OCH3 is 7. The van der Waals surface area contributed by atoms with Gasteiger partial charge in [0.15, 0.2) is 46.0 Å². The van der Waals surface area contributed by atoms with Crippen molar-refractivity contribution in [3.05, 3.63) is 88.0 Å². The van der Waals surface area contributed by atoms with Gasteiger partial charge in [0.05, 0.1) is 91.0 Å². The summed E-state index contributed by atoms with van der Waals surface area (Å²) in [7, 11) is 20.9. The van der Waals surface area contributed by atoms with Crippen molar-refractivity contribution < 1.29 is 46.9 Å². The van der Waals surface area contributed by atoms with Crippen LogP contribution in [-0.4, -0.2) is 100 Å². The van der Waals surface area contributed by atoms with Crippen molar-refractivity contribution in [3.8, 4) is 51.7 Å². The van der Waals surface area contributed by atoms with Crippen molar-refractivity contribution in [1.29, 1.82) is 0 Å². The molecule has 0 radical (unpaired) electrons. The maximum absolute atomic E-state index is 6.92. The largest absolute Gasteiger partial charge is 0.493 e. The Hall–Kier alpha value is -4.80. The molecule has 0 N–H and O–H groups in total. The van der Waals surface area contributed by atoms with Crippen LogP contribution in [0.25, 0.3) is 0 Å². The second-order valence-electron chi connectivity index (χ2n) is 15.2. The van der Waals surface area contributed by atoms with E-state index in [4.69, 9.17) is 37.9 Å². The standard InChI is InChI=1S/C43H56N2O8/c1-44(2)16-14-28-21-37(47-6)40(50-9)24-31(28)33(44)18-27-12-13-35(46-5)43(19-27)53-36-26-42(52-11)39(49-8)23-30(36)20-34-32-25-41(51-10)38(48-7)22-29(32)15-17-45(34,3)4/h12-13,19,21-26,33-34H,14-18,20H2,1-11H3/q+2/t33-,34+/m1/s1. The Morgan fingerprint density at radius 3 is 1.38 bits per heavy atom. The topological polar surface area (TPSA) is 73.8 Å². The predicted molar refractivity (Wildman–Crippen MR) is 206 cm³/mol. The number of ether oxygens (including phenoxy) is 8. The van der Waals surface area contributed by atoms with Crippen LogP contribution in [0.3, 0.4) is 0 Å². The number of hydrogen-bond donors (Lipinski definition) is 0. The summed E-state index contributed by atoms with van der Waals surface area (Å²) in [5.74, 6) is 6.19. The lowest BCUT2D eigenvalue weighted by Crippen LogP contribution is -2.48. The molecule has 53 heavy (non-hydrogen) atoms. The summed E-state index contributed by atoms with van der Waals surface area (Å²) in [6, 6.07) is 19.1. The predicted octanol–water partition coefficient (Wildman–Crippen LogP) is 7.37. The van der Waals surface area contributed by atoms with Crippen LogP contribution in [0.1, 0.15) is 45.5 Å². The van der Waals surface area contributed by atoms with Crippen LogP contribution in [0.15, 0.2) is 54.6 Å². The lowest BCUT2D eigenvalue weighted by atomic mass is 9.86. The molecule has 0 saturated heterocycles. The van der Waals surface area contributed by atoms with Crippen LogP contribution in [0.5, 0.6) is 51.7 Å². The van der Waals surface area contributed by atoms with Crippen molar-refractivity contribution in [2.75, 3.05) is 91.0 Å². The summed E-state index contributed by atoms with van der Waals surface area (Å²) >= 11 is 0. The first-order valence-corrected chi connectivity index (χ1v) is 18.1. The molecule has 2 atom stereocenters. The average Bonchev–Trinajstić information content (AvgIpc) is 3.16. The van der Waals surface area contributed by atoms with Crippen molar-refractivity contribution >= 4 is 0 Å². The van der Waals surface area contributed by atoms with Crippen LogP contribution < -0.4 is 37.9 Å². The van der Waals surface area contributed by atoms with E-state index in [1.807, 2.05) is 18.2 Å². The third-order valence-electron chi connectivity index (χ3n) is 11.5. The molecule has 4 aromatic rings. The fourth-order valence-corrected chi connectivity index (χ4v) is 8.16. The highest BCUT2D eigenvalue weighted by Crippen LogP contribution is 2.47. The maximum atomic E-state index is 6.92. The maximum Gasteiger partial charge on any atom is 0.169 e. The molecule has 284 valence electrons. The van der Waals surface area contributed by atoms with Gasteiger partial charge in [0.25, 0.3) is 0 Å². The number of nitrogens with zero attached hydrogens (tertiary/aromatic N) is 2. The molecule has 2 aliphatic heterocycles. The molecule has 0 aromatic heterocycles. The molecule has 0 saturated carbocycles. The minimum atomic E-state index is 0.106. The molecular weight excluding hydrogens is 672 g/mol. The van der Waals surface area contributed by atoms with Gasteiger partial charge < -0.3 is 46.9 Å². The number of hydrogen-bond acceptors (Lipinski definition) is 8. The van der Waals surface area contributed by atoms with Crippen molar-refractivity contribution in [3.63, 3.8) is 0 Å². The zero-order valence-electron chi connectivity index (χ0n) is 33.3. The summed E-state index contributed by atoms with van der Waals surface area (Å²) < 4.78 is 48.9. The molecule has 0 amide bonds. The third-order valence-corrected chi connectivity index (χ3v) is 11.5. The van der Waals surface area contributed by atoms with Crippen LogP contribution in [0, 0.1) is 0 Å². The lowest BCUT2D eigenvalue weighted by molar-refractivity contribution is -0.923. The first-order valence-electron chi connectivity index (χ1n) is 18.1. The summed E-state index contributed by atoms with van der Waals surface area (Å²) in [4.78, 5) is 0. The molecule has 10 nitrogen and oxygen atoms in total. The van der Waals surface area contributed by atoms with Crippen LogP contribution in [0.4, 0.5) is 0 Å². The van der Waals surface area contributed by atoms with Crippen molar-refractivity contribution in [2.24, 2.45) is 0 Å². The van der Waals surface area contributed by atoms with E-state index in [0.29, 0.717) is 35.2 Å². The van der Waals surface area contributed by atoms with Gasteiger partial charge in [-0.2, -0.15) is 0 Å². The Bertz CT molecular complexity index is 1960. The van der Waals surface area contributed by atoms with Gasteiger partial charge in [-0.05, 0) is 59.2 Å². The van der Waals surface area contributed by atoms with E-state index >= 15 is 0 Å². The number of quaternary nitrogens is 2. The van der Waals surface area contributed by atoms with Gasteiger partial charge >= 0.3 is 0 Å². The molecule has 2 heterocycles. The molecule has 0 unspecified atom stereocenters. The monoisotopic (exact) mass is 728 g/mol. The number of fused-ring (bicyclic) bond motifs is 2.